The Hall–Kier alpha value is -4.75. The van der Waals surface area contributed by atoms with Crippen LogP contribution >= 0.6 is 15.5 Å². The lowest BCUT2D eigenvalue weighted by atomic mass is 10.0. The Morgan fingerprint density at radius 2 is 1.07 bits per heavy atom. The highest BCUT2D eigenvalue weighted by Gasteiger charge is 2.41. The van der Waals surface area contributed by atoms with Crippen molar-refractivity contribution in [1.82, 2.24) is 0 Å². The van der Waals surface area contributed by atoms with Crippen LogP contribution in [0.15, 0.2) is 127 Å². The average Bonchev–Trinajstić information content (AvgIpc) is 3.61. The average molecular weight is 808 g/mol. The second-order valence-electron chi connectivity index (χ2n) is 12.3. The minimum absolute atomic E-state index is 0.131. The third kappa shape index (κ3) is 8.73. The van der Waals surface area contributed by atoms with Gasteiger partial charge in [0.2, 0.25) is 0 Å². The van der Waals surface area contributed by atoms with E-state index in [4.69, 9.17) is 0 Å². The summed E-state index contributed by atoms with van der Waals surface area (Å²) >= 11 is 0. The Balaban J connectivity index is 1.66. The molecule has 0 aliphatic heterocycles. The van der Waals surface area contributed by atoms with Gasteiger partial charge in [0.15, 0.2) is 0 Å². The number of halogens is 12. The number of alkyl halides is 12. The summed E-state index contributed by atoms with van der Waals surface area (Å²) in [5, 5.41) is -1.47. The first-order chi connectivity index (χ1) is 25.7. The molecule has 0 aromatic heterocycles. The van der Waals surface area contributed by atoms with Crippen LogP contribution in [0.25, 0.3) is 5.57 Å². The zero-order chi connectivity index (χ0) is 39.9. The molecule has 0 spiro atoms. The molecule has 0 heterocycles. The summed E-state index contributed by atoms with van der Waals surface area (Å²) in [5.41, 5.74) is -2.63. The van der Waals surface area contributed by atoms with Crippen LogP contribution in [-0.2, 0) is 24.7 Å². The Kier molecular flexibility index (Phi) is 10.9. The molecule has 0 nitrogen and oxygen atoms in total. The Morgan fingerprint density at radius 3 is 1.47 bits per heavy atom. The Morgan fingerprint density at radius 1 is 0.655 bits per heavy atom. The van der Waals surface area contributed by atoms with Gasteiger partial charge in [0.25, 0.3) is 0 Å². The fourth-order valence-electron chi connectivity index (χ4n) is 6.24. The van der Waals surface area contributed by atoms with Crippen molar-refractivity contribution in [3.05, 3.63) is 190 Å². The molecule has 3 aromatic rings. The van der Waals surface area contributed by atoms with Crippen LogP contribution in [0.5, 0.6) is 0 Å². The molecular formula is C41H25F12P2-5. The lowest BCUT2D eigenvalue weighted by Gasteiger charge is -2.35. The largest absolute Gasteiger partial charge is 0.416 e. The van der Waals surface area contributed by atoms with Crippen molar-refractivity contribution >= 4 is 31.6 Å². The fourth-order valence-corrected chi connectivity index (χ4v) is 11.5. The maximum Gasteiger partial charge on any atom is 0.416 e. The highest BCUT2D eigenvalue weighted by molar-refractivity contribution is 7.73. The first-order valence-corrected chi connectivity index (χ1v) is 19.0. The molecule has 0 saturated heterocycles. The molecule has 0 saturated carbocycles. The molecule has 55 heavy (non-hydrogen) atoms. The number of hydrogen-bond donors (Lipinski definition) is 0. The standard InChI is InChI=1S/C41H25F12P2/c1-25(34-16-10-17-35(34)36-15-8-9-18-37(36)55(30-11-4-2-5-12-30)31-13-6-3-7-14-31)54(32-21-26(38(42,43)44)19-27(22-32)39(45,46)47)33-23-28(40(48,49)50)20-29(24-33)41(51,52)53/h2-9,11-15,17-25H,1H3/q-5/t25-/m1/s1. The summed E-state index contributed by atoms with van der Waals surface area (Å²) < 4.78 is 170. The van der Waals surface area contributed by atoms with Gasteiger partial charge in [0.05, 0.1) is 22.3 Å². The molecule has 1 atom stereocenters. The topological polar surface area (TPSA) is 0 Å². The van der Waals surface area contributed by atoms with E-state index in [9.17, 15) is 52.7 Å². The monoisotopic (exact) mass is 807 g/mol. The summed E-state index contributed by atoms with van der Waals surface area (Å²) in [6.07, 6.45) is 1.79. The van der Waals surface area contributed by atoms with E-state index >= 15 is 0 Å². The van der Waals surface area contributed by atoms with Crippen LogP contribution in [0.1, 0.15) is 34.7 Å². The van der Waals surface area contributed by atoms with Crippen LogP contribution in [0.2, 0.25) is 0 Å². The van der Waals surface area contributed by atoms with Crippen molar-refractivity contribution in [2.75, 3.05) is 0 Å². The van der Waals surface area contributed by atoms with Gasteiger partial charge >= 0.3 is 24.7 Å². The number of hydrogen-bond acceptors (Lipinski definition) is 0. The highest BCUT2D eigenvalue weighted by Crippen LogP contribution is 2.55. The van der Waals surface area contributed by atoms with Gasteiger partial charge in [-0.25, -0.2) is 29.9 Å². The highest BCUT2D eigenvalue weighted by atomic mass is 31.1. The van der Waals surface area contributed by atoms with Crippen molar-refractivity contribution in [2.45, 2.75) is 37.3 Å². The molecule has 0 N–H and O–H groups in total. The molecule has 0 amide bonds. The summed E-state index contributed by atoms with van der Waals surface area (Å²) in [6, 6.07) is 8.23. The Bertz CT molecular complexity index is 2050. The molecule has 3 aliphatic rings. The van der Waals surface area contributed by atoms with E-state index < -0.39 is 78.7 Å². The van der Waals surface area contributed by atoms with E-state index in [-0.39, 0.29) is 17.7 Å². The molecule has 288 valence electrons. The number of rotatable bonds is 7. The third-order valence-corrected chi connectivity index (χ3v) is 13.8. The lowest BCUT2D eigenvalue weighted by molar-refractivity contribution is -0.144. The van der Waals surface area contributed by atoms with Gasteiger partial charge in [-0.15, -0.1) is 17.7 Å². The molecule has 0 fully saturated rings. The van der Waals surface area contributed by atoms with Gasteiger partial charge in [-0.3, -0.25) is 42.9 Å². The van der Waals surface area contributed by atoms with Crippen molar-refractivity contribution in [3.63, 3.8) is 0 Å². The van der Waals surface area contributed by atoms with Gasteiger partial charge in [-0.1, -0.05) is 18.2 Å². The molecule has 0 unspecified atom stereocenters. The number of benzene rings is 3. The normalized spacial score (nSPS) is 16.3. The molecule has 0 bridgehead atoms. The van der Waals surface area contributed by atoms with Gasteiger partial charge in [0, 0.05) is 4.94 Å². The van der Waals surface area contributed by atoms with Crippen LogP contribution < -0.4 is 10.6 Å². The van der Waals surface area contributed by atoms with Crippen molar-refractivity contribution in [1.29, 1.82) is 0 Å². The first kappa shape index (κ1) is 39.9. The predicted molar refractivity (Wildman–Crippen MR) is 191 cm³/mol. The van der Waals surface area contributed by atoms with E-state index in [1.807, 2.05) is 67.5 Å². The molecule has 0 radical (unpaired) electrons. The van der Waals surface area contributed by atoms with E-state index in [0.717, 1.165) is 16.3 Å². The van der Waals surface area contributed by atoms with Crippen LogP contribution in [0.4, 0.5) is 52.7 Å². The van der Waals surface area contributed by atoms with Crippen molar-refractivity contribution < 1.29 is 52.7 Å². The first-order valence-electron chi connectivity index (χ1n) is 16.2. The second-order valence-corrected chi connectivity index (χ2v) is 17.1. The molecule has 14 heteroatoms. The summed E-state index contributed by atoms with van der Waals surface area (Å²) in [4.78, 5) is 0.775. The third-order valence-electron chi connectivity index (χ3n) is 8.68. The summed E-state index contributed by atoms with van der Waals surface area (Å²) in [6.45, 7) is 1.34. The maximum atomic E-state index is 14.1. The van der Waals surface area contributed by atoms with Crippen molar-refractivity contribution in [3.8, 4) is 0 Å². The zero-order valence-electron chi connectivity index (χ0n) is 28.1. The minimum Gasteiger partial charge on any atom is -0.281 e. The van der Waals surface area contributed by atoms with Crippen molar-refractivity contribution in [2.24, 2.45) is 0 Å². The van der Waals surface area contributed by atoms with E-state index in [2.05, 4.69) is 11.8 Å². The summed E-state index contributed by atoms with van der Waals surface area (Å²) in [7, 11) is -4.18. The molecule has 3 aromatic carbocycles. The minimum atomic E-state index is -5.35. The lowest BCUT2D eigenvalue weighted by Crippen LogP contribution is -2.26. The van der Waals surface area contributed by atoms with E-state index in [1.165, 1.54) is 13.0 Å². The number of allylic oxidation sites excluding steroid dienone is 11. The second kappa shape index (κ2) is 15.1. The van der Waals surface area contributed by atoms with Crippen LogP contribution in [0.3, 0.4) is 0 Å². The predicted octanol–water partition coefficient (Wildman–Crippen LogP) is 13.0. The van der Waals surface area contributed by atoms with Crippen LogP contribution in [-0.4, -0.2) is 5.66 Å². The quantitative estimate of drug-likeness (QED) is 0.0966. The zero-order valence-corrected chi connectivity index (χ0v) is 29.9. The van der Waals surface area contributed by atoms with Gasteiger partial charge in [-0.2, -0.15) is 82.5 Å². The van der Waals surface area contributed by atoms with E-state index in [0.29, 0.717) is 35.4 Å². The van der Waals surface area contributed by atoms with Crippen LogP contribution in [0, 0.1) is 35.2 Å². The molecule has 3 aliphatic carbocycles. The van der Waals surface area contributed by atoms with Gasteiger partial charge < -0.3 is 0 Å². The fraction of sp³-hybridized carbons (Fsp3) is 0.146. The molecular weight excluding hydrogens is 782 g/mol. The van der Waals surface area contributed by atoms with Gasteiger partial charge in [-0.05, 0) is 68.1 Å². The summed E-state index contributed by atoms with van der Waals surface area (Å²) in [5.74, 6) is 0. The maximum absolute atomic E-state index is 14.1. The van der Waals surface area contributed by atoms with E-state index in [1.54, 1.807) is 18.2 Å². The van der Waals surface area contributed by atoms with Gasteiger partial charge in [0.1, 0.15) is 0 Å². The Labute approximate surface area is 310 Å². The smallest absolute Gasteiger partial charge is 0.281 e. The SMILES string of the molecule is C[C@H](C1=C(c2c[cH-]ccc2=[P+]([C-]2C=C[CH-]C=C2)[C-]2C=C[CH-]C=C2)C=C=[C-]1)P(c1cc(C(F)(F)F)cc(C(F)(F)F)c1)c1cc(C(F)(F)F)cc(C(F)(F)F)c1. The molecule has 6 rings (SSSR count).